The average molecular weight is 258 g/mol. The molecule has 2 N–H and O–H groups in total. The van der Waals surface area contributed by atoms with Gasteiger partial charge < -0.3 is 10.4 Å². The maximum atomic E-state index is 9.11. The summed E-state index contributed by atoms with van der Waals surface area (Å²) >= 11 is 3.43. The Kier molecular flexibility index (Phi) is 4.42. The molecule has 0 bridgehead atoms. The lowest BCUT2D eigenvalue weighted by Crippen LogP contribution is -2.10. The van der Waals surface area contributed by atoms with Gasteiger partial charge in [-0.15, -0.1) is 0 Å². The van der Waals surface area contributed by atoms with Crippen LogP contribution in [0.25, 0.3) is 0 Å². The Morgan fingerprint density at radius 3 is 2.86 bits per heavy atom. The quantitative estimate of drug-likeness (QED) is 0.870. The highest BCUT2D eigenvalue weighted by Crippen LogP contribution is 2.20. The summed E-state index contributed by atoms with van der Waals surface area (Å²) in [5.74, 6) is 0. The number of anilines is 1. The van der Waals surface area contributed by atoms with Crippen molar-refractivity contribution < 1.29 is 5.11 Å². The van der Waals surface area contributed by atoms with Gasteiger partial charge in [-0.3, -0.25) is 0 Å². The van der Waals surface area contributed by atoms with Crippen molar-refractivity contribution in [3.05, 3.63) is 28.2 Å². The molecule has 14 heavy (non-hydrogen) atoms. The van der Waals surface area contributed by atoms with Gasteiger partial charge in [-0.05, 0) is 38.0 Å². The van der Waals surface area contributed by atoms with Gasteiger partial charge in [0.15, 0.2) is 0 Å². The molecule has 1 aromatic rings. The molecule has 0 saturated carbocycles. The van der Waals surface area contributed by atoms with Gasteiger partial charge in [0.2, 0.25) is 0 Å². The molecule has 1 rings (SSSR count). The molecule has 0 aliphatic carbocycles. The number of hydrogen-bond donors (Lipinski definition) is 2. The van der Waals surface area contributed by atoms with Crippen molar-refractivity contribution in [3.63, 3.8) is 0 Å². The highest BCUT2D eigenvalue weighted by Gasteiger charge is 1.99. The standard InChI is InChI=1S/C11H16BrNO/c1-8-3-4-10(12)7-11(8)13-6-5-9(2)14/h3-4,7,9,13-14H,5-6H2,1-2H3. The van der Waals surface area contributed by atoms with Gasteiger partial charge >= 0.3 is 0 Å². The van der Waals surface area contributed by atoms with Crippen LogP contribution in [0, 0.1) is 6.92 Å². The molecule has 0 aromatic heterocycles. The minimum Gasteiger partial charge on any atom is -0.393 e. The van der Waals surface area contributed by atoms with Crippen LogP contribution >= 0.6 is 15.9 Å². The minimum absolute atomic E-state index is 0.241. The van der Waals surface area contributed by atoms with E-state index >= 15 is 0 Å². The Hall–Kier alpha value is -0.540. The zero-order chi connectivity index (χ0) is 10.6. The SMILES string of the molecule is Cc1ccc(Br)cc1NCCC(C)O. The van der Waals surface area contributed by atoms with Crippen molar-refractivity contribution in [1.29, 1.82) is 0 Å². The first-order chi connectivity index (χ1) is 6.59. The average Bonchev–Trinajstić information content (AvgIpc) is 2.10. The molecule has 0 saturated heterocycles. The van der Waals surface area contributed by atoms with Crippen LogP contribution in [0.15, 0.2) is 22.7 Å². The molecule has 0 heterocycles. The third kappa shape index (κ3) is 3.68. The summed E-state index contributed by atoms with van der Waals surface area (Å²) in [6.07, 6.45) is 0.529. The van der Waals surface area contributed by atoms with Crippen LogP contribution in [-0.4, -0.2) is 17.8 Å². The van der Waals surface area contributed by atoms with E-state index in [4.69, 9.17) is 5.11 Å². The third-order valence-corrected chi connectivity index (χ3v) is 2.57. The van der Waals surface area contributed by atoms with Crippen LogP contribution in [0.1, 0.15) is 18.9 Å². The highest BCUT2D eigenvalue weighted by molar-refractivity contribution is 9.10. The summed E-state index contributed by atoms with van der Waals surface area (Å²) in [7, 11) is 0. The van der Waals surface area contributed by atoms with E-state index in [0.717, 1.165) is 23.1 Å². The Balaban J connectivity index is 2.53. The first-order valence-electron chi connectivity index (χ1n) is 4.77. The van der Waals surface area contributed by atoms with E-state index in [-0.39, 0.29) is 6.10 Å². The van der Waals surface area contributed by atoms with Crippen molar-refractivity contribution in [3.8, 4) is 0 Å². The van der Waals surface area contributed by atoms with E-state index in [1.54, 1.807) is 6.92 Å². The van der Waals surface area contributed by atoms with Crippen molar-refractivity contribution in [2.75, 3.05) is 11.9 Å². The molecular weight excluding hydrogens is 242 g/mol. The molecule has 2 nitrogen and oxygen atoms in total. The Morgan fingerprint density at radius 1 is 1.50 bits per heavy atom. The van der Waals surface area contributed by atoms with Crippen LogP contribution in [0.2, 0.25) is 0 Å². The van der Waals surface area contributed by atoms with E-state index in [1.165, 1.54) is 5.56 Å². The van der Waals surface area contributed by atoms with Crippen LogP contribution < -0.4 is 5.32 Å². The van der Waals surface area contributed by atoms with Gasteiger partial charge in [0.25, 0.3) is 0 Å². The maximum Gasteiger partial charge on any atom is 0.0528 e. The van der Waals surface area contributed by atoms with Gasteiger partial charge in [-0.25, -0.2) is 0 Å². The molecule has 1 aromatic carbocycles. The summed E-state index contributed by atoms with van der Waals surface area (Å²) in [6.45, 7) is 4.67. The molecule has 78 valence electrons. The van der Waals surface area contributed by atoms with Gasteiger partial charge in [-0.1, -0.05) is 22.0 Å². The minimum atomic E-state index is -0.241. The van der Waals surface area contributed by atoms with E-state index in [9.17, 15) is 0 Å². The predicted octanol–water partition coefficient (Wildman–Crippen LogP) is 2.94. The fourth-order valence-corrected chi connectivity index (χ4v) is 1.56. The number of aryl methyl sites for hydroxylation is 1. The van der Waals surface area contributed by atoms with E-state index in [1.807, 2.05) is 6.07 Å². The second-order valence-electron chi connectivity index (χ2n) is 3.52. The first-order valence-corrected chi connectivity index (χ1v) is 5.57. The number of halogens is 1. The molecule has 1 atom stereocenters. The summed E-state index contributed by atoms with van der Waals surface area (Å²) in [4.78, 5) is 0. The van der Waals surface area contributed by atoms with Crippen LogP contribution in [0.4, 0.5) is 5.69 Å². The lowest BCUT2D eigenvalue weighted by atomic mass is 10.2. The molecule has 3 heteroatoms. The zero-order valence-electron chi connectivity index (χ0n) is 8.55. The normalized spacial score (nSPS) is 12.6. The summed E-state index contributed by atoms with van der Waals surface area (Å²) in [5, 5.41) is 12.4. The van der Waals surface area contributed by atoms with Crippen LogP contribution in [0.5, 0.6) is 0 Å². The van der Waals surface area contributed by atoms with Crippen molar-refractivity contribution in [1.82, 2.24) is 0 Å². The molecule has 0 aliphatic heterocycles. The Bertz CT molecular complexity index is 299. The van der Waals surface area contributed by atoms with Gasteiger partial charge in [0.1, 0.15) is 0 Å². The second-order valence-corrected chi connectivity index (χ2v) is 4.44. The number of aliphatic hydroxyl groups is 1. The molecule has 0 fully saturated rings. The van der Waals surface area contributed by atoms with E-state index in [0.29, 0.717) is 0 Å². The predicted molar refractivity (Wildman–Crippen MR) is 63.7 cm³/mol. The zero-order valence-corrected chi connectivity index (χ0v) is 10.1. The summed E-state index contributed by atoms with van der Waals surface area (Å²) in [5.41, 5.74) is 2.35. The lowest BCUT2D eigenvalue weighted by molar-refractivity contribution is 0.189. The summed E-state index contributed by atoms with van der Waals surface area (Å²) < 4.78 is 1.07. The number of rotatable bonds is 4. The van der Waals surface area contributed by atoms with E-state index in [2.05, 4.69) is 40.3 Å². The van der Waals surface area contributed by atoms with Gasteiger partial charge in [-0.2, -0.15) is 0 Å². The maximum absolute atomic E-state index is 9.11. The van der Waals surface area contributed by atoms with Crippen LogP contribution in [0.3, 0.4) is 0 Å². The van der Waals surface area contributed by atoms with Crippen LogP contribution in [-0.2, 0) is 0 Å². The van der Waals surface area contributed by atoms with Gasteiger partial charge in [0, 0.05) is 16.7 Å². The number of benzene rings is 1. The molecular formula is C11H16BrNO. The molecule has 0 spiro atoms. The molecule has 0 aliphatic rings. The first kappa shape index (κ1) is 11.5. The fraction of sp³-hybridized carbons (Fsp3) is 0.455. The molecule has 1 unspecified atom stereocenters. The molecule has 0 radical (unpaired) electrons. The van der Waals surface area contributed by atoms with Crippen molar-refractivity contribution in [2.45, 2.75) is 26.4 Å². The summed E-state index contributed by atoms with van der Waals surface area (Å²) in [6, 6.07) is 6.14. The van der Waals surface area contributed by atoms with Crippen molar-refractivity contribution in [2.24, 2.45) is 0 Å². The Morgan fingerprint density at radius 2 is 2.21 bits per heavy atom. The van der Waals surface area contributed by atoms with Crippen molar-refractivity contribution >= 4 is 21.6 Å². The largest absolute Gasteiger partial charge is 0.393 e. The number of hydrogen-bond acceptors (Lipinski definition) is 2. The monoisotopic (exact) mass is 257 g/mol. The topological polar surface area (TPSA) is 32.3 Å². The van der Waals surface area contributed by atoms with Gasteiger partial charge in [0.05, 0.1) is 6.10 Å². The lowest BCUT2D eigenvalue weighted by Gasteiger charge is -2.10. The number of nitrogens with one attached hydrogen (secondary N) is 1. The molecule has 0 amide bonds. The second kappa shape index (κ2) is 5.37. The highest BCUT2D eigenvalue weighted by atomic mass is 79.9. The van der Waals surface area contributed by atoms with E-state index < -0.39 is 0 Å². The Labute approximate surface area is 93.5 Å². The fourth-order valence-electron chi connectivity index (χ4n) is 1.20. The number of aliphatic hydroxyl groups excluding tert-OH is 1. The smallest absolute Gasteiger partial charge is 0.0528 e. The third-order valence-electron chi connectivity index (χ3n) is 2.08.